The number of nitrogens with zero attached hydrogens (tertiary/aromatic N) is 1. The van der Waals surface area contributed by atoms with Gasteiger partial charge < -0.3 is 15.5 Å². The second-order valence-electron chi connectivity index (χ2n) is 4.22. The molecule has 0 atom stereocenters. The first kappa shape index (κ1) is 13.5. The highest BCUT2D eigenvalue weighted by atomic mass is 16.1. The molecular weight excluding hydrogens is 214 g/mol. The topological polar surface area (TPSA) is 44.4 Å². The molecule has 0 aliphatic carbocycles. The summed E-state index contributed by atoms with van der Waals surface area (Å²) >= 11 is 0. The number of carbonyl (C=O) groups is 1. The zero-order valence-corrected chi connectivity index (χ0v) is 11.0. The predicted molar refractivity (Wildman–Crippen MR) is 72.7 cm³/mol. The van der Waals surface area contributed by atoms with E-state index in [1.165, 1.54) is 5.56 Å². The van der Waals surface area contributed by atoms with Gasteiger partial charge in [-0.15, -0.1) is 0 Å². The van der Waals surface area contributed by atoms with Crippen LogP contribution in [0.1, 0.15) is 12.5 Å². The SMILES string of the molecule is CCNCC(=O)Nc1ccc(C)c(N(C)C)c1. The van der Waals surface area contributed by atoms with Gasteiger partial charge in [-0.05, 0) is 31.2 Å². The van der Waals surface area contributed by atoms with Crippen molar-refractivity contribution in [2.75, 3.05) is 37.4 Å². The zero-order valence-electron chi connectivity index (χ0n) is 11.0. The largest absolute Gasteiger partial charge is 0.377 e. The van der Waals surface area contributed by atoms with Crippen molar-refractivity contribution in [3.8, 4) is 0 Å². The molecule has 2 N–H and O–H groups in total. The van der Waals surface area contributed by atoms with E-state index in [0.29, 0.717) is 6.54 Å². The van der Waals surface area contributed by atoms with Crippen molar-refractivity contribution in [3.05, 3.63) is 23.8 Å². The van der Waals surface area contributed by atoms with Crippen LogP contribution in [0.15, 0.2) is 18.2 Å². The second kappa shape index (κ2) is 6.25. The van der Waals surface area contributed by atoms with Crippen LogP contribution in [0.4, 0.5) is 11.4 Å². The summed E-state index contributed by atoms with van der Waals surface area (Å²) in [6.07, 6.45) is 0. The average Bonchev–Trinajstić information content (AvgIpc) is 2.28. The highest BCUT2D eigenvalue weighted by molar-refractivity contribution is 5.92. The van der Waals surface area contributed by atoms with Crippen LogP contribution in [-0.2, 0) is 4.79 Å². The monoisotopic (exact) mass is 235 g/mol. The van der Waals surface area contributed by atoms with Gasteiger partial charge in [-0.2, -0.15) is 0 Å². The van der Waals surface area contributed by atoms with Crippen LogP contribution in [0.3, 0.4) is 0 Å². The molecule has 0 aromatic heterocycles. The summed E-state index contributed by atoms with van der Waals surface area (Å²) in [5.41, 5.74) is 3.15. The summed E-state index contributed by atoms with van der Waals surface area (Å²) in [5.74, 6) is -0.0135. The van der Waals surface area contributed by atoms with E-state index in [1.54, 1.807) is 0 Å². The van der Waals surface area contributed by atoms with Crippen LogP contribution < -0.4 is 15.5 Å². The van der Waals surface area contributed by atoms with Gasteiger partial charge in [0.25, 0.3) is 0 Å². The molecule has 17 heavy (non-hydrogen) atoms. The van der Waals surface area contributed by atoms with E-state index >= 15 is 0 Å². The van der Waals surface area contributed by atoms with Gasteiger partial charge in [-0.1, -0.05) is 13.0 Å². The molecule has 0 unspecified atom stereocenters. The second-order valence-corrected chi connectivity index (χ2v) is 4.22. The summed E-state index contributed by atoms with van der Waals surface area (Å²) in [6.45, 7) is 5.18. The number of carbonyl (C=O) groups excluding carboxylic acids is 1. The Morgan fingerprint density at radius 2 is 2.06 bits per heavy atom. The van der Waals surface area contributed by atoms with Crippen LogP contribution in [0.25, 0.3) is 0 Å². The van der Waals surface area contributed by atoms with E-state index in [4.69, 9.17) is 0 Å². The molecular formula is C13H21N3O. The molecule has 0 spiro atoms. The number of aryl methyl sites for hydroxylation is 1. The van der Waals surface area contributed by atoms with Crippen LogP contribution in [-0.4, -0.2) is 33.1 Å². The molecule has 0 saturated carbocycles. The fourth-order valence-electron chi connectivity index (χ4n) is 1.61. The molecule has 94 valence electrons. The Labute approximate surface area is 103 Å². The van der Waals surface area contributed by atoms with Gasteiger partial charge >= 0.3 is 0 Å². The molecule has 0 saturated heterocycles. The van der Waals surface area contributed by atoms with E-state index in [-0.39, 0.29) is 5.91 Å². The Hall–Kier alpha value is -1.55. The maximum Gasteiger partial charge on any atom is 0.238 e. The molecule has 0 aliphatic heterocycles. The van der Waals surface area contributed by atoms with Gasteiger partial charge in [0.15, 0.2) is 0 Å². The first-order chi connectivity index (χ1) is 8.04. The maximum atomic E-state index is 11.6. The first-order valence-electron chi connectivity index (χ1n) is 5.83. The highest BCUT2D eigenvalue weighted by Crippen LogP contribution is 2.22. The molecule has 0 bridgehead atoms. The molecule has 0 radical (unpaired) electrons. The summed E-state index contributed by atoms with van der Waals surface area (Å²) in [7, 11) is 3.99. The van der Waals surface area contributed by atoms with Crippen molar-refractivity contribution in [2.24, 2.45) is 0 Å². The van der Waals surface area contributed by atoms with Crippen LogP contribution in [0.2, 0.25) is 0 Å². The number of likely N-dealkylation sites (N-methyl/N-ethyl adjacent to an activating group) is 1. The number of nitrogens with one attached hydrogen (secondary N) is 2. The zero-order chi connectivity index (χ0) is 12.8. The summed E-state index contributed by atoms with van der Waals surface area (Å²) in [6, 6.07) is 5.92. The van der Waals surface area contributed by atoms with Gasteiger partial charge in [-0.3, -0.25) is 4.79 Å². The first-order valence-corrected chi connectivity index (χ1v) is 5.83. The molecule has 0 heterocycles. The van der Waals surface area contributed by atoms with Crippen molar-refractivity contribution < 1.29 is 4.79 Å². The van der Waals surface area contributed by atoms with E-state index in [0.717, 1.165) is 17.9 Å². The van der Waals surface area contributed by atoms with Crippen molar-refractivity contribution >= 4 is 17.3 Å². The minimum Gasteiger partial charge on any atom is -0.377 e. The van der Waals surface area contributed by atoms with Gasteiger partial charge in [0.1, 0.15) is 0 Å². The third-order valence-electron chi connectivity index (χ3n) is 2.51. The maximum absolute atomic E-state index is 11.6. The lowest BCUT2D eigenvalue weighted by molar-refractivity contribution is -0.115. The number of benzene rings is 1. The average molecular weight is 235 g/mol. The van der Waals surface area contributed by atoms with E-state index < -0.39 is 0 Å². The molecule has 4 nitrogen and oxygen atoms in total. The summed E-state index contributed by atoms with van der Waals surface area (Å²) in [4.78, 5) is 13.6. The molecule has 1 aromatic carbocycles. The van der Waals surface area contributed by atoms with Crippen molar-refractivity contribution in [1.29, 1.82) is 0 Å². The number of rotatable bonds is 5. The highest BCUT2D eigenvalue weighted by Gasteiger charge is 2.05. The molecule has 4 heteroatoms. The Bertz CT molecular complexity index is 388. The third kappa shape index (κ3) is 4.07. The lowest BCUT2D eigenvalue weighted by Crippen LogP contribution is -2.27. The minimum absolute atomic E-state index is 0.0135. The summed E-state index contributed by atoms with van der Waals surface area (Å²) < 4.78 is 0. The van der Waals surface area contributed by atoms with Crippen LogP contribution in [0, 0.1) is 6.92 Å². The Balaban J connectivity index is 2.72. The molecule has 0 aliphatic rings. The molecule has 0 fully saturated rings. The summed E-state index contributed by atoms with van der Waals surface area (Å²) in [5, 5.41) is 5.87. The molecule has 1 amide bonds. The van der Waals surface area contributed by atoms with Gasteiger partial charge in [0, 0.05) is 25.5 Å². The quantitative estimate of drug-likeness (QED) is 0.815. The number of amides is 1. The van der Waals surface area contributed by atoms with Crippen LogP contribution in [0.5, 0.6) is 0 Å². The lowest BCUT2D eigenvalue weighted by atomic mass is 10.1. The van der Waals surface area contributed by atoms with Crippen molar-refractivity contribution in [1.82, 2.24) is 5.32 Å². The Morgan fingerprint density at radius 1 is 1.35 bits per heavy atom. The number of hydrogen-bond acceptors (Lipinski definition) is 3. The fourth-order valence-corrected chi connectivity index (χ4v) is 1.61. The molecule has 1 aromatic rings. The van der Waals surface area contributed by atoms with Crippen molar-refractivity contribution in [2.45, 2.75) is 13.8 Å². The fraction of sp³-hybridized carbons (Fsp3) is 0.462. The van der Waals surface area contributed by atoms with E-state index in [9.17, 15) is 4.79 Å². The normalized spacial score (nSPS) is 10.1. The minimum atomic E-state index is -0.0135. The lowest BCUT2D eigenvalue weighted by Gasteiger charge is -2.17. The third-order valence-corrected chi connectivity index (χ3v) is 2.51. The smallest absolute Gasteiger partial charge is 0.238 e. The Kier molecular flexibility index (Phi) is 4.97. The van der Waals surface area contributed by atoms with Gasteiger partial charge in [0.2, 0.25) is 5.91 Å². The molecule has 1 rings (SSSR count). The van der Waals surface area contributed by atoms with Gasteiger partial charge in [-0.25, -0.2) is 0 Å². The van der Waals surface area contributed by atoms with Crippen molar-refractivity contribution in [3.63, 3.8) is 0 Å². The van der Waals surface area contributed by atoms with E-state index in [2.05, 4.69) is 17.6 Å². The standard InChI is InChI=1S/C13H21N3O/c1-5-14-9-13(17)15-11-7-6-10(2)12(8-11)16(3)4/h6-8,14H,5,9H2,1-4H3,(H,15,17). The van der Waals surface area contributed by atoms with E-state index in [1.807, 2.05) is 44.1 Å². The Morgan fingerprint density at radius 3 is 2.65 bits per heavy atom. The predicted octanol–water partition coefficient (Wildman–Crippen LogP) is 1.61. The number of hydrogen-bond donors (Lipinski definition) is 2. The number of anilines is 2. The van der Waals surface area contributed by atoms with Crippen LogP contribution >= 0.6 is 0 Å². The van der Waals surface area contributed by atoms with Gasteiger partial charge in [0.05, 0.1) is 6.54 Å².